The maximum Gasteiger partial charge on any atom is 0.309 e. The van der Waals surface area contributed by atoms with E-state index in [0.29, 0.717) is 50.0 Å². The van der Waals surface area contributed by atoms with Crippen molar-refractivity contribution in [3.8, 4) is 0 Å². The standard InChI is InChI=1S/C33H40ClNO9S/c1-17-22-12-13-23-31-16-43-33(40,27(38)25(31)30(2,3)15-14-24(31)36)32(23,26(17)37)28(22)44-29(39)18-4-8-20(9-5-18)35-45(41,42)21-10-6-19(34)7-11-21/h6-7,10-11,18,20,22-23,25,27-28,35,38,40H,1,4-5,8-9,12-16H2,2-3H3/t18?,20?,22-,23-,25+,27-,28+,31+,32-,33-/m0/s1. The third-order valence-electron chi connectivity index (χ3n) is 12.4. The van der Waals surface area contributed by atoms with Gasteiger partial charge >= 0.3 is 5.97 Å². The van der Waals surface area contributed by atoms with Gasteiger partial charge in [0.25, 0.3) is 0 Å². The smallest absolute Gasteiger partial charge is 0.309 e. The molecule has 2 heterocycles. The Kier molecular flexibility index (Phi) is 7.11. The van der Waals surface area contributed by atoms with Gasteiger partial charge in [-0.3, -0.25) is 14.4 Å². The van der Waals surface area contributed by atoms with Gasteiger partial charge in [-0.2, -0.15) is 0 Å². The number of halogens is 1. The minimum absolute atomic E-state index is 0.0785. The molecule has 2 saturated heterocycles. The molecule has 5 aliphatic carbocycles. The molecule has 2 aliphatic heterocycles. The molecule has 45 heavy (non-hydrogen) atoms. The first-order valence-corrected chi connectivity index (χ1v) is 17.8. The molecule has 8 rings (SSSR count). The Labute approximate surface area is 267 Å². The number of ether oxygens (including phenoxy) is 2. The second-order valence-corrected chi connectivity index (χ2v) is 17.0. The van der Waals surface area contributed by atoms with E-state index < -0.39 is 79.7 Å². The van der Waals surface area contributed by atoms with Gasteiger partial charge in [0.1, 0.15) is 23.4 Å². The molecule has 4 bridgehead atoms. The molecule has 2 spiro atoms. The molecule has 7 aliphatic rings. The van der Waals surface area contributed by atoms with Crippen LogP contribution in [0.2, 0.25) is 5.02 Å². The first-order chi connectivity index (χ1) is 21.1. The summed E-state index contributed by atoms with van der Waals surface area (Å²) < 4.78 is 40.7. The van der Waals surface area contributed by atoms with Gasteiger partial charge in [0.15, 0.2) is 5.78 Å². The van der Waals surface area contributed by atoms with Crippen molar-refractivity contribution in [1.82, 2.24) is 4.72 Å². The molecule has 3 N–H and O–H groups in total. The molecule has 5 saturated carbocycles. The van der Waals surface area contributed by atoms with Gasteiger partial charge in [0, 0.05) is 29.3 Å². The summed E-state index contributed by atoms with van der Waals surface area (Å²) in [5, 5.41) is 24.6. The molecule has 10 nitrogen and oxygen atoms in total. The van der Waals surface area contributed by atoms with Gasteiger partial charge in [0.05, 0.1) is 22.8 Å². The zero-order valence-corrected chi connectivity index (χ0v) is 27.0. The number of hydrogen-bond donors (Lipinski definition) is 3. The Balaban J connectivity index is 1.14. The molecule has 12 heteroatoms. The van der Waals surface area contributed by atoms with E-state index in [-0.39, 0.29) is 35.3 Å². The number of benzene rings is 1. The zero-order valence-electron chi connectivity index (χ0n) is 25.5. The van der Waals surface area contributed by atoms with E-state index in [1.54, 1.807) is 0 Å². The van der Waals surface area contributed by atoms with Crippen molar-refractivity contribution in [2.24, 2.45) is 39.9 Å². The Hall–Kier alpha value is -2.15. The molecule has 1 aromatic carbocycles. The predicted octanol–water partition coefficient (Wildman–Crippen LogP) is 3.33. The molecule has 0 unspecified atom stereocenters. The summed E-state index contributed by atoms with van der Waals surface area (Å²) >= 11 is 5.89. The summed E-state index contributed by atoms with van der Waals surface area (Å²) in [6.45, 7) is 7.92. The number of fused-ring (bicyclic) bond motifs is 2. The topological polar surface area (TPSA) is 156 Å². The molecule has 0 radical (unpaired) electrons. The van der Waals surface area contributed by atoms with Crippen LogP contribution in [-0.2, 0) is 33.9 Å². The van der Waals surface area contributed by atoms with Crippen molar-refractivity contribution in [1.29, 1.82) is 0 Å². The first-order valence-electron chi connectivity index (χ1n) is 15.9. The fraction of sp³-hybridized carbons (Fsp3) is 0.667. The minimum atomic E-state index is -3.78. The van der Waals surface area contributed by atoms with E-state index in [1.807, 2.05) is 13.8 Å². The molecule has 7 fully saturated rings. The number of ketones is 2. The predicted molar refractivity (Wildman–Crippen MR) is 161 cm³/mol. The van der Waals surface area contributed by atoms with Crippen LogP contribution >= 0.6 is 11.6 Å². The number of aliphatic hydroxyl groups excluding tert-OH is 1. The number of carbonyl (C=O) groups is 3. The van der Waals surface area contributed by atoms with Crippen LogP contribution in [0, 0.1) is 39.9 Å². The largest absolute Gasteiger partial charge is 0.460 e. The second kappa shape index (κ2) is 10.2. The summed E-state index contributed by atoms with van der Waals surface area (Å²) in [5.74, 6) is -5.89. The first kappa shape index (κ1) is 31.4. The van der Waals surface area contributed by atoms with Crippen molar-refractivity contribution in [3.05, 3.63) is 41.4 Å². The summed E-state index contributed by atoms with van der Waals surface area (Å²) in [6, 6.07) is 5.51. The van der Waals surface area contributed by atoms with Gasteiger partial charge in [-0.15, -0.1) is 0 Å². The lowest BCUT2D eigenvalue weighted by Gasteiger charge is -2.73. The summed E-state index contributed by atoms with van der Waals surface area (Å²) in [7, 11) is -3.78. The monoisotopic (exact) mass is 661 g/mol. The molecule has 0 amide bonds. The van der Waals surface area contributed by atoms with Gasteiger partial charge in [-0.1, -0.05) is 32.0 Å². The van der Waals surface area contributed by atoms with E-state index in [2.05, 4.69) is 11.3 Å². The number of esters is 1. The molecule has 0 aromatic heterocycles. The highest BCUT2D eigenvalue weighted by atomic mass is 35.5. The Morgan fingerprint density at radius 2 is 1.76 bits per heavy atom. The van der Waals surface area contributed by atoms with E-state index >= 15 is 0 Å². The van der Waals surface area contributed by atoms with Crippen LogP contribution in [-0.4, -0.2) is 66.8 Å². The quantitative estimate of drug-likeness (QED) is 0.318. The number of aliphatic hydroxyl groups is 2. The number of sulfonamides is 1. The van der Waals surface area contributed by atoms with Gasteiger partial charge in [-0.05, 0) is 86.1 Å². The highest BCUT2D eigenvalue weighted by Crippen LogP contribution is 2.76. The second-order valence-electron chi connectivity index (χ2n) is 14.8. The third kappa shape index (κ3) is 4.07. The van der Waals surface area contributed by atoms with Crippen LogP contribution in [0.25, 0.3) is 0 Å². The van der Waals surface area contributed by atoms with Crippen LogP contribution in [0.4, 0.5) is 0 Å². The number of nitrogens with one attached hydrogen (secondary N) is 1. The Morgan fingerprint density at radius 1 is 1.09 bits per heavy atom. The summed E-state index contributed by atoms with van der Waals surface area (Å²) in [4.78, 5) is 42.1. The van der Waals surface area contributed by atoms with Crippen molar-refractivity contribution in [3.63, 3.8) is 0 Å². The Bertz CT molecular complexity index is 1580. The van der Waals surface area contributed by atoms with E-state index in [9.17, 15) is 33.0 Å². The zero-order chi connectivity index (χ0) is 32.3. The summed E-state index contributed by atoms with van der Waals surface area (Å²) in [5.41, 5.74) is -3.31. The lowest BCUT2D eigenvalue weighted by Crippen LogP contribution is -2.85. The van der Waals surface area contributed by atoms with Crippen LogP contribution in [0.5, 0.6) is 0 Å². The van der Waals surface area contributed by atoms with E-state index in [0.717, 1.165) is 0 Å². The van der Waals surface area contributed by atoms with Gasteiger partial charge in [0.2, 0.25) is 15.8 Å². The molecular formula is C33H40ClNO9S. The number of rotatable bonds is 5. The van der Waals surface area contributed by atoms with Crippen molar-refractivity contribution in [2.75, 3.05) is 6.61 Å². The van der Waals surface area contributed by atoms with Crippen LogP contribution in [0.15, 0.2) is 41.3 Å². The SMILES string of the molecule is C=C1C(=O)[C@]23[C@H](OC(=O)C4CCC(NS(=O)(=O)c5ccc(Cl)cc5)CC4)[C@H]1CC[C@H]2[C@@]12CO[C@@]3(O)[C@@H](O)[C@@H]1C(C)(C)CCC2=O. The maximum atomic E-state index is 14.3. The molecular weight excluding hydrogens is 622 g/mol. The average molecular weight is 662 g/mol. The highest BCUT2D eigenvalue weighted by Gasteiger charge is 2.88. The number of Topliss-reactive ketones (excluding diaryl/α,β-unsaturated/α-hetero) is 2. The van der Waals surface area contributed by atoms with Crippen molar-refractivity contribution >= 4 is 39.2 Å². The minimum Gasteiger partial charge on any atom is -0.460 e. The van der Waals surface area contributed by atoms with Gasteiger partial charge in [-0.25, -0.2) is 13.1 Å². The van der Waals surface area contributed by atoms with Crippen molar-refractivity contribution < 1.29 is 42.5 Å². The maximum absolute atomic E-state index is 14.3. The van der Waals surface area contributed by atoms with E-state index in [1.165, 1.54) is 24.3 Å². The lowest BCUT2D eigenvalue weighted by molar-refractivity contribution is -0.437. The lowest BCUT2D eigenvalue weighted by atomic mass is 9.36. The van der Waals surface area contributed by atoms with Crippen LogP contribution < -0.4 is 4.72 Å². The van der Waals surface area contributed by atoms with Crippen molar-refractivity contribution in [2.45, 2.75) is 94.1 Å². The Morgan fingerprint density at radius 3 is 2.42 bits per heavy atom. The highest BCUT2D eigenvalue weighted by molar-refractivity contribution is 7.89. The number of hydrogen-bond acceptors (Lipinski definition) is 9. The normalized spacial score (nSPS) is 43.5. The molecule has 8 atom stereocenters. The summed E-state index contributed by atoms with van der Waals surface area (Å²) in [6.07, 6.45) is 0.571. The third-order valence-corrected chi connectivity index (χ3v) is 14.2. The molecule has 1 aromatic rings. The van der Waals surface area contributed by atoms with Gasteiger partial charge < -0.3 is 19.7 Å². The fourth-order valence-corrected chi connectivity index (χ4v) is 11.8. The van der Waals surface area contributed by atoms with Crippen LogP contribution in [0.1, 0.15) is 65.2 Å². The van der Waals surface area contributed by atoms with Crippen LogP contribution in [0.3, 0.4) is 0 Å². The van der Waals surface area contributed by atoms with E-state index in [4.69, 9.17) is 21.1 Å². The fourth-order valence-electron chi connectivity index (χ4n) is 10.3. The molecule has 244 valence electrons. The average Bonchev–Trinajstić information content (AvgIpc) is 3.10. The number of carbonyl (C=O) groups excluding carboxylic acids is 3.